The van der Waals surface area contributed by atoms with Crippen molar-refractivity contribution in [2.45, 2.75) is 18.4 Å². The summed E-state index contributed by atoms with van der Waals surface area (Å²) < 4.78 is 0. The number of nitrogens with zero attached hydrogens (tertiary/aromatic N) is 1. The van der Waals surface area contributed by atoms with Gasteiger partial charge in [-0.1, -0.05) is 18.2 Å². The van der Waals surface area contributed by atoms with Crippen LogP contribution in [0, 0.1) is 11.8 Å². The van der Waals surface area contributed by atoms with E-state index in [4.69, 9.17) is 0 Å². The molecule has 1 heterocycles. The molecule has 1 aromatic heterocycles. The van der Waals surface area contributed by atoms with Crippen LogP contribution in [0.15, 0.2) is 36.7 Å². The minimum atomic E-state index is -0.645. The molecule has 2 nitrogen and oxygen atoms in total. The summed E-state index contributed by atoms with van der Waals surface area (Å²) >= 11 is 0. The van der Waals surface area contributed by atoms with Crippen LogP contribution in [0.5, 0.6) is 0 Å². The summed E-state index contributed by atoms with van der Waals surface area (Å²) in [5.41, 5.74) is 0.324. The minimum absolute atomic E-state index is 0.302. The molecule has 0 saturated heterocycles. The van der Waals surface area contributed by atoms with Crippen molar-refractivity contribution in [1.29, 1.82) is 0 Å². The van der Waals surface area contributed by atoms with Crippen molar-refractivity contribution < 1.29 is 5.11 Å². The molecule has 0 spiro atoms. The Labute approximate surface area is 83.3 Å². The average molecular weight is 187 g/mol. The molecule has 1 saturated carbocycles. The Morgan fingerprint density at radius 2 is 2.36 bits per heavy atom. The Hall–Kier alpha value is -1.15. The molecule has 1 fully saturated rings. The van der Waals surface area contributed by atoms with Crippen molar-refractivity contribution in [2.24, 2.45) is 11.8 Å². The van der Waals surface area contributed by atoms with E-state index in [1.54, 1.807) is 12.4 Å². The monoisotopic (exact) mass is 187 g/mol. The summed E-state index contributed by atoms with van der Waals surface area (Å²) in [6, 6.07) is 3.87. The highest BCUT2D eigenvalue weighted by Crippen LogP contribution is 2.51. The van der Waals surface area contributed by atoms with Gasteiger partial charge in [-0.2, -0.15) is 0 Å². The van der Waals surface area contributed by atoms with Gasteiger partial charge >= 0.3 is 0 Å². The van der Waals surface area contributed by atoms with Crippen LogP contribution in [0.25, 0.3) is 0 Å². The first-order valence-electron chi connectivity index (χ1n) is 5.10. The lowest BCUT2D eigenvalue weighted by Crippen LogP contribution is -2.30. The number of aliphatic hydroxyl groups is 1. The van der Waals surface area contributed by atoms with E-state index in [0.29, 0.717) is 11.8 Å². The van der Waals surface area contributed by atoms with Gasteiger partial charge in [-0.25, -0.2) is 0 Å². The number of hydrogen-bond acceptors (Lipinski definition) is 2. The molecule has 2 heteroatoms. The normalized spacial score (nSPS) is 39.2. The van der Waals surface area contributed by atoms with Crippen molar-refractivity contribution in [3.63, 3.8) is 0 Å². The van der Waals surface area contributed by atoms with Gasteiger partial charge in [-0.05, 0) is 24.8 Å². The number of aromatic nitrogens is 1. The number of fused-ring (bicyclic) bond motifs is 2. The quantitative estimate of drug-likeness (QED) is 0.681. The fourth-order valence-electron chi connectivity index (χ4n) is 2.78. The molecule has 3 unspecified atom stereocenters. The van der Waals surface area contributed by atoms with Crippen LogP contribution in [0.1, 0.15) is 18.4 Å². The van der Waals surface area contributed by atoms with Crippen molar-refractivity contribution in [1.82, 2.24) is 4.98 Å². The summed E-state index contributed by atoms with van der Waals surface area (Å²) in [4.78, 5) is 4.07. The van der Waals surface area contributed by atoms with Gasteiger partial charge in [0.2, 0.25) is 0 Å². The van der Waals surface area contributed by atoms with E-state index in [0.717, 1.165) is 18.4 Å². The Balaban J connectivity index is 2.03. The van der Waals surface area contributed by atoms with Gasteiger partial charge in [-0.15, -0.1) is 0 Å². The lowest BCUT2D eigenvalue weighted by molar-refractivity contribution is 0.0100. The lowest BCUT2D eigenvalue weighted by Gasteiger charge is -2.29. The summed E-state index contributed by atoms with van der Waals surface area (Å²) in [6.07, 6.45) is 9.88. The Kier molecular flexibility index (Phi) is 1.56. The average Bonchev–Trinajstić information content (AvgIpc) is 2.79. The fourth-order valence-corrected chi connectivity index (χ4v) is 2.78. The molecule has 2 aliphatic carbocycles. The van der Waals surface area contributed by atoms with Crippen LogP contribution >= 0.6 is 0 Å². The van der Waals surface area contributed by atoms with Crippen molar-refractivity contribution in [3.8, 4) is 0 Å². The molecule has 0 aliphatic heterocycles. The largest absolute Gasteiger partial charge is 0.384 e. The maximum atomic E-state index is 10.6. The molecular weight excluding hydrogens is 174 g/mol. The zero-order valence-electron chi connectivity index (χ0n) is 7.93. The van der Waals surface area contributed by atoms with Gasteiger partial charge in [0.25, 0.3) is 0 Å². The first kappa shape index (κ1) is 8.18. The predicted octanol–water partition coefficient (Wildman–Crippen LogP) is 1.87. The van der Waals surface area contributed by atoms with Gasteiger partial charge in [-0.3, -0.25) is 4.98 Å². The van der Waals surface area contributed by atoms with Crippen LogP contribution in [-0.2, 0) is 5.60 Å². The Morgan fingerprint density at radius 1 is 1.43 bits per heavy atom. The molecular formula is C12H13NO. The van der Waals surface area contributed by atoms with E-state index in [9.17, 15) is 5.11 Å². The van der Waals surface area contributed by atoms with E-state index in [1.807, 2.05) is 12.1 Å². The second-order valence-electron chi connectivity index (χ2n) is 4.36. The van der Waals surface area contributed by atoms with Gasteiger partial charge in [0.1, 0.15) is 0 Å². The first-order valence-corrected chi connectivity index (χ1v) is 5.10. The van der Waals surface area contributed by atoms with E-state index >= 15 is 0 Å². The summed E-state index contributed by atoms with van der Waals surface area (Å²) in [5.74, 6) is 0.877. The lowest BCUT2D eigenvalue weighted by atomic mass is 9.83. The molecule has 2 bridgehead atoms. The SMILES string of the molecule is OC1(c2cccnc2)CC2C=CC1C2. The number of hydrogen-bond donors (Lipinski definition) is 1. The highest BCUT2D eigenvalue weighted by Gasteiger charge is 2.48. The number of rotatable bonds is 1. The molecule has 1 N–H and O–H groups in total. The smallest absolute Gasteiger partial charge is 0.0979 e. The zero-order valence-corrected chi connectivity index (χ0v) is 7.93. The number of allylic oxidation sites excluding steroid dienone is 1. The third kappa shape index (κ3) is 0.976. The topological polar surface area (TPSA) is 33.1 Å². The third-order valence-corrected chi connectivity index (χ3v) is 3.52. The molecule has 2 aliphatic rings. The molecule has 0 radical (unpaired) electrons. The Bertz CT molecular complexity index is 373. The predicted molar refractivity (Wildman–Crippen MR) is 53.5 cm³/mol. The second-order valence-corrected chi connectivity index (χ2v) is 4.36. The van der Waals surface area contributed by atoms with E-state index in [2.05, 4.69) is 17.1 Å². The minimum Gasteiger partial charge on any atom is -0.384 e. The van der Waals surface area contributed by atoms with E-state index < -0.39 is 5.60 Å². The molecule has 14 heavy (non-hydrogen) atoms. The van der Waals surface area contributed by atoms with Crippen LogP contribution in [0.2, 0.25) is 0 Å². The van der Waals surface area contributed by atoms with Gasteiger partial charge in [0.15, 0.2) is 0 Å². The fraction of sp³-hybridized carbons (Fsp3) is 0.417. The van der Waals surface area contributed by atoms with Crippen molar-refractivity contribution >= 4 is 0 Å². The van der Waals surface area contributed by atoms with Crippen LogP contribution in [0.4, 0.5) is 0 Å². The molecule has 0 amide bonds. The van der Waals surface area contributed by atoms with E-state index in [-0.39, 0.29) is 0 Å². The number of pyridine rings is 1. The zero-order chi connectivity index (χ0) is 9.60. The highest BCUT2D eigenvalue weighted by molar-refractivity contribution is 5.28. The van der Waals surface area contributed by atoms with Gasteiger partial charge < -0.3 is 5.11 Å². The summed E-state index contributed by atoms with van der Waals surface area (Å²) in [6.45, 7) is 0. The highest BCUT2D eigenvalue weighted by atomic mass is 16.3. The maximum absolute atomic E-state index is 10.6. The summed E-state index contributed by atoms with van der Waals surface area (Å²) in [7, 11) is 0. The maximum Gasteiger partial charge on any atom is 0.0979 e. The van der Waals surface area contributed by atoms with Crippen LogP contribution in [-0.4, -0.2) is 10.1 Å². The first-order chi connectivity index (χ1) is 6.79. The Morgan fingerprint density at radius 3 is 2.93 bits per heavy atom. The van der Waals surface area contributed by atoms with Gasteiger partial charge in [0.05, 0.1) is 5.60 Å². The molecule has 0 aromatic carbocycles. The van der Waals surface area contributed by atoms with Gasteiger partial charge in [0, 0.05) is 23.9 Å². The standard InChI is InChI=1S/C12H13NO/c14-12(11-2-1-5-13-8-11)7-9-3-4-10(12)6-9/h1-5,8-10,14H,6-7H2. The molecule has 72 valence electrons. The van der Waals surface area contributed by atoms with E-state index in [1.165, 1.54) is 0 Å². The molecule has 3 atom stereocenters. The van der Waals surface area contributed by atoms with Crippen LogP contribution in [0.3, 0.4) is 0 Å². The molecule has 1 aromatic rings. The second kappa shape index (κ2) is 2.67. The van der Waals surface area contributed by atoms with Crippen LogP contribution < -0.4 is 0 Å². The third-order valence-electron chi connectivity index (χ3n) is 3.52. The summed E-state index contributed by atoms with van der Waals surface area (Å²) in [5, 5.41) is 10.6. The van der Waals surface area contributed by atoms with Crippen molar-refractivity contribution in [3.05, 3.63) is 42.2 Å². The van der Waals surface area contributed by atoms with Crippen molar-refractivity contribution in [2.75, 3.05) is 0 Å². The molecule has 3 rings (SSSR count).